The normalized spacial score (nSPS) is 14.4. The largest absolute Gasteiger partial charge is 0.370 e. The van der Waals surface area contributed by atoms with E-state index in [1.807, 2.05) is 19.9 Å². The number of hydroxylamine groups is 1. The number of carbonyl (C=O) groups excluding carboxylic acids is 3. The zero-order chi connectivity index (χ0) is 17.5. The third-order valence-electron chi connectivity index (χ3n) is 3.82. The van der Waals surface area contributed by atoms with E-state index in [4.69, 9.17) is 4.84 Å². The number of aldehydes is 1. The smallest absolute Gasteiger partial charge is 0.321 e. The Kier molecular flexibility index (Phi) is 6.90. The van der Waals surface area contributed by atoms with Crippen molar-refractivity contribution in [3.63, 3.8) is 0 Å². The topological polar surface area (TPSA) is 75.7 Å². The maximum atomic E-state index is 12.9. The van der Waals surface area contributed by atoms with E-state index in [-0.39, 0.29) is 5.91 Å². The Labute approximate surface area is 136 Å². The minimum Gasteiger partial charge on any atom is -0.370 e. The lowest BCUT2D eigenvalue weighted by atomic mass is 9.81. The van der Waals surface area contributed by atoms with Gasteiger partial charge in [0.15, 0.2) is 0 Å². The summed E-state index contributed by atoms with van der Waals surface area (Å²) in [5.41, 5.74) is 1.81. The molecule has 0 saturated heterocycles. The molecule has 6 nitrogen and oxygen atoms in total. The highest BCUT2D eigenvalue weighted by atomic mass is 16.7. The first-order chi connectivity index (χ1) is 10.9. The average molecular weight is 320 g/mol. The third kappa shape index (κ3) is 4.39. The monoisotopic (exact) mass is 320 g/mol. The molecule has 1 aromatic rings. The van der Waals surface area contributed by atoms with Crippen molar-refractivity contribution in [1.29, 1.82) is 0 Å². The van der Waals surface area contributed by atoms with Gasteiger partial charge in [-0.15, -0.1) is 5.48 Å². The molecule has 0 aliphatic heterocycles. The fourth-order valence-corrected chi connectivity index (χ4v) is 2.47. The van der Waals surface area contributed by atoms with Crippen molar-refractivity contribution in [1.82, 2.24) is 10.4 Å². The summed E-state index contributed by atoms with van der Waals surface area (Å²) in [5.74, 6) is -1.68. The molecule has 0 aromatic heterocycles. The van der Waals surface area contributed by atoms with E-state index in [0.717, 1.165) is 0 Å². The van der Waals surface area contributed by atoms with E-state index in [2.05, 4.69) is 5.48 Å². The van der Waals surface area contributed by atoms with Gasteiger partial charge in [-0.25, -0.2) is 0 Å². The Morgan fingerprint density at radius 3 is 2.26 bits per heavy atom. The number of carbonyl (C=O) groups is 3. The molecular weight excluding hydrogens is 296 g/mol. The highest BCUT2D eigenvalue weighted by molar-refractivity contribution is 5.91. The van der Waals surface area contributed by atoms with E-state index < -0.39 is 17.4 Å². The molecule has 0 unspecified atom stereocenters. The first kappa shape index (κ1) is 18.8. The number of amides is 1. The number of nitrogens with zero attached hydrogens (tertiary/aromatic N) is 1. The van der Waals surface area contributed by atoms with E-state index in [1.54, 1.807) is 36.1 Å². The van der Waals surface area contributed by atoms with E-state index in [0.29, 0.717) is 24.9 Å². The van der Waals surface area contributed by atoms with Gasteiger partial charge >= 0.3 is 5.97 Å². The molecule has 1 N–H and O–H groups in total. The maximum Gasteiger partial charge on any atom is 0.321 e. The Morgan fingerprint density at radius 2 is 1.83 bits per heavy atom. The van der Waals surface area contributed by atoms with Gasteiger partial charge in [0.2, 0.25) is 5.91 Å². The summed E-state index contributed by atoms with van der Waals surface area (Å²) in [6, 6.07) is 8.94. The summed E-state index contributed by atoms with van der Waals surface area (Å²) < 4.78 is 0. The van der Waals surface area contributed by atoms with Gasteiger partial charge in [-0.05, 0) is 26.3 Å². The fourth-order valence-electron chi connectivity index (χ4n) is 2.47. The molecule has 2 atom stereocenters. The molecule has 0 spiro atoms. The molecule has 1 amide bonds. The van der Waals surface area contributed by atoms with Gasteiger partial charge in [0.1, 0.15) is 11.8 Å². The lowest BCUT2D eigenvalue weighted by Crippen LogP contribution is -2.60. The number of nitrogens with one attached hydrogen (secondary N) is 1. The number of likely N-dealkylation sites (N-methyl/N-ethyl adjacent to an activating group) is 1. The van der Waals surface area contributed by atoms with Gasteiger partial charge < -0.3 is 14.5 Å². The maximum absolute atomic E-state index is 12.9. The molecule has 6 heteroatoms. The Balaban J connectivity index is 3.28. The molecule has 0 heterocycles. The predicted octanol–water partition coefficient (Wildman–Crippen LogP) is 1.66. The SMILES string of the molecule is CCN(CC)C(=O)[C@](C)(NOC(C)=O)[C@H](C=O)c1ccccc1. The number of hydrogen-bond acceptors (Lipinski definition) is 5. The molecule has 0 saturated carbocycles. The minimum absolute atomic E-state index is 0.301. The summed E-state index contributed by atoms with van der Waals surface area (Å²) in [7, 11) is 0. The van der Waals surface area contributed by atoms with Crippen LogP contribution in [0.15, 0.2) is 30.3 Å². The quantitative estimate of drug-likeness (QED) is 0.582. The average Bonchev–Trinajstić information content (AvgIpc) is 2.55. The van der Waals surface area contributed by atoms with Crippen LogP contribution in [0.25, 0.3) is 0 Å². The van der Waals surface area contributed by atoms with Gasteiger partial charge in [-0.1, -0.05) is 30.3 Å². The molecule has 1 aromatic carbocycles. The second-order valence-electron chi connectivity index (χ2n) is 5.40. The van der Waals surface area contributed by atoms with Crippen molar-refractivity contribution in [2.75, 3.05) is 13.1 Å². The molecular formula is C17H24N2O4. The highest BCUT2D eigenvalue weighted by Crippen LogP contribution is 2.28. The van der Waals surface area contributed by atoms with Crippen molar-refractivity contribution in [3.8, 4) is 0 Å². The molecule has 0 aliphatic carbocycles. The van der Waals surface area contributed by atoms with Crippen LogP contribution in [0.3, 0.4) is 0 Å². The van der Waals surface area contributed by atoms with Crippen LogP contribution in [0.4, 0.5) is 0 Å². The number of rotatable bonds is 8. The minimum atomic E-state index is -1.39. The number of benzene rings is 1. The standard InChI is InChI=1S/C17H24N2O4/c1-5-19(6-2)16(22)17(4,18-23-13(3)21)15(12-20)14-10-8-7-9-11-14/h7-12,15,18H,5-6H2,1-4H3/t15-,17-/m1/s1. The molecule has 23 heavy (non-hydrogen) atoms. The van der Waals surface area contributed by atoms with Crippen LogP contribution < -0.4 is 5.48 Å². The van der Waals surface area contributed by atoms with Crippen LogP contribution in [-0.4, -0.2) is 41.7 Å². The molecule has 1 rings (SSSR count). The van der Waals surface area contributed by atoms with E-state index >= 15 is 0 Å². The van der Waals surface area contributed by atoms with Gasteiger partial charge in [0.05, 0.1) is 5.92 Å². The van der Waals surface area contributed by atoms with Crippen LogP contribution in [0.2, 0.25) is 0 Å². The molecule has 0 fully saturated rings. The van der Waals surface area contributed by atoms with Crippen LogP contribution in [0, 0.1) is 0 Å². The first-order valence-electron chi connectivity index (χ1n) is 7.64. The molecule has 0 radical (unpaired) electrons. The first-order valence-corrected chi connectivity index (χ1v) is 7.64. The molecule has 126 valence electrons. The van der Waals surface area contributed by atoms with Crippen LogP contribution >= 0.6 is 0 Å². The summed E-state index contributed by atoms with van der Waals surface area (Å²) in [4.78, 5) is 42.3. The van der Waals surface area contributed by atoms with Gasteiger partial charge in [-0.3, -0.25) is 9.59 Å². The zero-order valence-electron chi connectivity index (χ0n) is 14.0. The van der Waals surface area contributed by atoms with Crippen molar-refractivity contribution >= 4 is 18.2 Å². The third-order valence-corrected chi connectivity index (χ3v) is 3.82. The van der Waals surface area contributed by atoms with Crippen LogP contribution in [-0.2, 0) is 19.2 Å². The van der Waals surface area contributed by atoms with E-state index in [1.165, 1.54) is 6.92 Å². The van der Waals surface area contributed by atoms with Crippen molar-refractivity contribution in [3.05, 3.63) is 35.9 Å². The Morgan fingerprint density at radius 1 is 1.26 bits per heavy atom. The summed E-state index contributed by atoms with van der Waals surface area (Å²) >= 11 is 0. The van der Waals surface area contributed by atoms with Gasteiger partial charge in [0, 0.05) is 20.0 Å². The van der Waals surface area contributed by atoms with Crippen molar-refractivity contribution in [2.45, 2.75) is 39.2 Å². The van der Waals surface area contributed by atoms with Gasteiger partial charge in [0.25, 0.3) is 0 Å². The predicted molar refractivity (Wildman–Crippen MR) is 86.5 cm³/mol. The zero-order valence-corrected chi connectivity index (χ0v) is 14.0. The Bertz CT molecular complexity index is 543. The van der Waals surface area contributed by atoms with E-state index in [9.17, 15) is 14.4 Å². The lowest BCUT2D eigenvalue weighted by molar-refractivity contribution is -0.161. The number of hydrogen-bond donors (Lipinski definition) is 1. The van der Waals surface area contributed by atoms with Crippen LogP contribution in [0.1, 0.15) is 39.2 Å². The second kappa shape index (κ2) is 8.43. The summed E-state index contributed by atoms with van der Waals surface area (Å²) in [6.07, 6.45) is 0.702. The van der Waals surface area contributed by atoms with Crippen molar-refractivity contribution in [2.24, 2.45) is 0 Å². The fraction of sp³-hybridized carbons (Fsp3) is 0.471. The van der Waals surface area contributed by atoms with Gasteiger partial charge in [-0.2, -0.15) is 0 Å². The molecule has 0 aliphatic rings. The lowest BCUT2D eigenvalue weighted by Gasteiger charge is -2.37. The van der Waals surface area contributed by atoms with Crippen molar-refractivity contribution < 1.29 is 19.2 Å². The van der Waals surface area contributed by atoms with Crippen LogP contribution in [0.5, 0.6) is 0 Å². The summed E-state index contributed by atoms with van der Waals surface area (Å²) in [5, 5.41) is 0. The highest BCUT2D eigenvalue weighted by Gasteiger charge is 2.45. The Hall–Kier alpha value is -2.21. The second-order valence-corrected chi connectivity index (χ2v) is 5.40. The molecule has 0 bridgehead atoms. The summed E-state index contributed by atoms with van der Waals surface area (Å²) in [6.45, 7) is 7.49.